The number of hydrogen-bond acceptors (Lipinski definition) is 2. The lowest BCUT2D eigenvalue weighted by Gasteiger charge is -2.05. The van der Waals surface area contributed by atoms with Crippen molar-refractivity contribution in [2.24, 2.45) is 0 Å². The summed E-state index contributed by atoms with van der Waals surface area (Å²) in [5.74, 6) is -1.06. The van der Waals surface area contributed by atoms with Gasteiger partial charge in [-0.2, -0.15) is 4.57 Å². The van der Waals surface area contributed by atoms with Gasteiger partial charge >= 0.3 is 0 Å². The van der Waals surface area contributed by atoms with Crippen molar-refractivity contribution < 1.29 is 14.5 Å². The summed E-state index contributed by atoms with van der Waals surface area (Å²) in [5, 5.41) is 10.4. The molecule has 0 fully saturated rings. The van der Waals surface area contributed by atoms with Crippen LogP contribution < -0.4 is 9.67 Å². The molecule has 0 aliphatic rings. The fourth-order valence-corrected chi connectivity index (χ4v) is 1.51. The van der Waals surface area contributed by atoms with Crippen molar-refractivity contribution in [3.8, 4) is 0 Å². The van der Waals surface area contributed by atoms with Gasteiger partial charge in [-0.25, -0.2) is 0 Å². The van der Waals surface area contributed by atoms with Crippen molar-refractivity contribution in [3.05, 3.63) is 29.1 Å². The number of aliphatic carboxylic acids is 1. The molecular formula is C10H13NO2. The molecule has 0 amide bonds. The largest absolute Gasteiger partial charge is 0.544 e. The summed E-state index contributed by atoms with van der Waals surface area (Å²) in [4.78, 5) is 10.4. The summed E-state index contributed by atoms with van der Waals surface area (Å²) >= 11 is 0. The third-order valence-corrected chi connectivity index (χ3v) is 2.01. The van der Waals surface area contributed by atoms with Crippen molar-refractivity contribution in [2.45, 2.75) is 27.3 Å². The van der Waals surface area contributed by atoms with Crippen LogP contribution in [0.1, 0.15) is 17.0 Å². The van der Waals surface area contributed by atoms with Crippen LogP contribution in [0.4, 0.5) is 0 Å². The Bertz CT molecular complexity index is 322. The molecule has 1 rings (SSSR count). The summed E-state index contributed by atoms with van der Waals surface area (Å²) < 4.78 is 1.72. The van der Waals surface area contributed by atoms with Crippen molar-refractivity contribution in [2.75, 3.05) is 0 Å². The SMILES string of the molecule is Cc1cc(C)[n+](CC(=O)[O-])c(C)c1. The smallest absolute Gasteiger partial charge is 0.188 e. The van der Waals surface area contributed by atoms with E-state index in [9.17, 15) is 9.90 Å². The molecule has 0 N–H and O–H groups in total. The molecule has 0 bridgehead atoms. The highest BCUT2D eigenvalue weighted by Crippen LogP contribution is 2.00. The van der Waals surface area contributed by atoms with E-state index in [4.69, 9.17) is 0 Å². The van der Waals surface area contributed by atoms with Crippen LogP contribution in [0.5, 0.6) is 0 Å². The maximum absolute atomic E-state index is 10.4. The number of carboxylic acid groups (broad SMARTS) is 1. The second kappa shape index (κ2) is 3.56. The lowest BCUT2D eigenvalue weighted by molar-refractivity contribution is -0.702. The van der Waals surface area contributed by atoms with Crippen LogP contribution in [-0.2, 0) is 11.3 Å². The molecule has 0 saturated heterocycles. The number of hydrogen-bond donors (Lipinski definition) is 0. The maximum atomic E-state index is 10.4. The number of nitrogens with zero attached hydrogens (tertiary/aromatic N) is 1. The molecule has 1 heterocycles. The zero-order chi connectivity index (χ0) is 10.0. The quantitative estimate of drug-likeness (QED) is 0.582. The van der Waals surface area contributed by atoms with Crippen molar-refractivity contribution >= 4 is 5.97 Å². The fourth-order valence-electron chi connectivity index (χ4n) is 1.51. The Morgan fingerprint density at radius 1 is 1.31 bits per heavy atom. The Morgan fingerprint density at radius 2 is 1.77 bits per heavy atom. The standard InChI is InChI=1S/C10H13NO2/c1-7-4-8(2)11(6-10(12)13)9(3)5-7/h4-5H,6H2,1-3H3. The van der Waals surface area contributed by atoms with Gasteiger partial charge < -0.3 is 9.90 Å². The molecule has 1 aromatic heterocycles. The Morgan fingerprint density at radius 3 is 2.15 bits per heavy atom. The Labute approximate surface area is 77.6 Å². The molecule has 0 atom stereocenters. The zero-order valence-electron chi connectivity index (χ0n) is 8.13. The van der Waals surface area contributed by atoms with Crippen LogP contribution in [0.15, 0.2) is 12.1 Å². The van der Waals surface area contributed by atoms with E-state index in [1.807, 2.05) is 32.9 Å². The maximum Gasteiger partial charge on any atom is 0.188 e. The minimum atomic E-state index is -1.06. The number of aryl methyl sites for hydroxylation is 3. The van der Waals surface area contributed by atoms with Gasteiger partial charge in [0, 0.05) is 26.0 Å². The molecular weight excluding hydrogens is 166 g/mol. The minimum Gasteiger partial charge on any atom is -0.544 e. The number of rotatable bonds is 2. The summed E-state index contributed by atoms with van der Waals surface area (Å²) in [6.45, 7) is 5.70. The third kappa shape index (κ3) is 2.28. The molecule has 0 saturated carbocycles. The van der Waals surface area contributed by atoms with Crippen LogP contribution in [0.2, 0.25) is 0 Å². The van der Waals surface area contributed by atoms with Crippen LogP contribution in [0.3, 0.4) is 0 Å². The van der Waals surface area contributed by atoms with Gasteiger partial charge in [0.05, 0.1) is 0 Å². The van der Waals surface area contributed by atoms with Crippen LogP contribution in [0.25, 0.3) is 0 Å². The van der Waals surface area contributed by atoms with Gasteiger partial charge in [0.2, 0.25) is 0 Å². The van der Waals surface area contributed by atoms with Crippen molar-refractivity contribution in [3.63, 3.8) is 0 Å². The molecule has 0 radical (unpaired) electrons. The molecule has 1 aromatic rings. The van der Waals surface area contributed by atoms with Crippen LogP contribution in [0, 0.1) is 20.8 Å². The van der Waals surface area contributed by atoms with Gasteiger partial charge in [0.1, 0.15) is 5.97 Å². The fraction of sp³-hybridized carbons (Fsp3) is 0.400. The van der Waals surface area contributed by atoms with E-state index in [0.29, 0.717) is 0 Å². The first kappa shape index (κ1) is 9.71. The number of carbonyl (C=O) groups excluding carboxylic acids is 1. The molecule has 3 heteroatoms. The van der Waals surface area contributed by atoms with Crippen LogP contribution in [-0.4, -0.2) is 5.97 Å². The first-order chi connectivity index (χ1) is 6.00. The number of pyridine rings is 1. The average Bonchev–Trinajstić information content (AvgIpc) is 1.96. The monoisotopic (exact) mass is 179 g/mol. The average molecular weight is 179 g/mol. The molecule has 0 aliphatic heterocycles. The molecule has 13 heavy (non-hydrogen) atoms. The van der Waals surface area contributed by atoms with Gasteiger partial charge in [-0.15, -0.1) is 0 Å². The van der Waals surface area contributed by atoms with Gasteiger partial charge in [0.15, 0.2) is 17.9 Å². The Hall–Kier alpha value is -1.38. The molecule has 0 aliphatic carbocycles. The van der Waals surface area contributed by atoms with Gasteiger partial charge in [-0.05, 0) is 12.5 Å². The van der Waals surface area contributed by atoms with Crippen molar-refractivity contribution in [1.82, 2.24) is 0 Å². The van der Waals surface area contributed by atoms with E-state index in [1.54, 1.807) is 4.57 Å². The van der Waals surface area contributed by atoms with E-state index in [1.165, 1.54) is 0 Å². The van der Waals surface area contributed by atoms with Crippen LogP contribution >= 0.6 is 0 Å². The summed E-state index contributed by atoms with van der Waals surface area (Å²) in [6, 6.07) is 3.91. The van der Waals surface area contributed by atoms with E-state index in [2.05, 4.69) is 0 Å². The van der Waals surface area contributed by atoms with Gasteiger partial charge in [-0.3, -0.25) is 0 Å². The summed E-state index contributed by atoms with van der Waals surface area (Å²) in [6.07, 6.45) is 0. The second-order valence-electron chi connectivity index (χ2n) is 3.27. The van der Waals surface area contributed by atoms with Gasteiger partial charge in [-0.1, -0.05) is 0 Å². The van der Waals surface area contributed by atoms with Crippen molar-refractivity contribution in [1.29, 1.82) is 0 Å². The highest BCUT2D eigenvalue weighted by atomic mass is 16.4. The van der Waals surface area contributed by atoms with E-state index in [0.717, 1.165) is 17.0 Å². The van der Waals surface area contributed by atoms with E-state index < -0.39 is 5.97 Å². The predicted molar refractivity (Wildman–Crippen MR) is 45.9 cm³/mol. The Balaban J connectivity index is 3.13. The van der Waals surface area contributed by atoms with E-state index >= 15 is 0 Å². The molecule has 3 nitrogen and oxygen atoms in total. The number of carbonyl (C=O) groups is 1. The summed E-state index contributed by atoms with van der Waals surface area (Å²) in [7, 11) is 0. The number of carboxylic acids is 1. The first-order valence-corrected chi connectivity index (χ1v) is 4.18. The highest BCUT2D eigenvalue weighted by molar-refractivity contribution is 5.62. The molecule has 70 valence electrons. The first-order valence-electron chi connectivity index (χ1n) is 4.18. The zero-order valence-corrected chi connectivity index (χ0v) is 8.13. The lowest BCUT2D eigenvalue weighted by Crippen LogP contribution is -2.48. The lowest BCUT2D eigenvalue weighted by atomic mass is 10.2. The van der Waals surface area contributed by atoms with E-state index in [-0.39, 0.29) is 6.54 Å². The summed E-state index contributed by atoms with van der Waals surface area (Å²) in [5.41, 5.74) is 3.04. The Kier molecular flexibility index (Phi) is 2.66. The normalized spacial score (nSPS) is 10.1. The third-order valence-electron chi connectivity index (χ3n) is 2.01. The molecule has 0 aromatic carbocycles. The van der Waals surface area contributed by atoms with Gasteiger partial charge in [0.25, 0.3) is 0 Å². The molecule has 0 spiro atoms. The highest BCUT2D eigenvalue weighted by Gasteiger charge is 2.10. The molecule has 0 unspecified atom stereocenters. The minimum absolute atomic E-state index is 0.0715. The topological polar surface area (TPSA) is 44.0 Å². The second-order valence-corrected chi connectivity index (χ2v) is 3.27. The predicted octanol–water partition coefficient (Wildman–Crippen LogP) is -0.351. The number of aromatic nitrogens is 1.